The molecule has 0 spiro atoms. The number of rotatable bonds is 14. The van der Waals surface area contributed by atoms with Gasteiger partial charge in [-0.1, -0.05) is 24.3 Å². The maximum Gasteiger partial charge on any atom is 0.251 e. The Balaban J connectivity index is 2.54. The molecule has 0 unspecified atom stereocenters. The second-order valence-corrected chi connectivity index (χ2v) is 7.17. The van der Waals surface area contributed by atoms with Crippen LogP contribution in [0.1, 0.15) is 38.8 Å². The Hall–Kier alpha value is -2.19. The Bertz CT molecular complexity index is 755. The van der Waals surface area contributed by atoms with Gasteiger partial charge in [0.1, 0.15) is 11.6 Å². The van der Waals surface area contributed by atoms with E-state index in [2.05, 4.69) is 0 Å². The molecule has 2 aromatic rings. The summed E-state index contributed by atoms with van der Waals surface area (Å²) in [6.45, 7) is 7.80. The van der Waals surface area contributed by atoms with E-state index < -0.39 is 17.4 Å². The highest BCUT2D eigenvalue weighted by Crippen LogP contribution is 2.32. The van der Waals surface area contributed by atoms with Gasteiger partial charge >= 0.3 is 0 Å². The number of carbonyl (C=O) groups is 1. The minimum absolute atomic E-state index is 0.0408. The number of ketones is 1. The van der Waals surface area contributed by atoms with Gasteiger partial charge in [0.25, 0.3) is 5.78 Å². The van der Waals surface area contributed by atoms with Crippen LogP contribution in [0.2, 0.25) is 0 Å². The minimum Gasteiger partial charge on any atom is -0.343 e. The van der Waals surface area contributed by atoms with Crippen molar-refractivity contribution < 1.29 is 32.5 Å². The van der Waals surface area contributed by atoms with E-state index in [9.17, 15) is 13.6 Å². The van der Waals surface area contributed by atoms with Crippen LogP contribution in [0.4, 0.5) is 8.78 Å². The van der Waals surface area contributed by atoms with Gasteiger partial charge in [-0.2, -0.15) is 0 Å². The molecule has 0 fully saturated rings. The van der Waals surface area contributed by atoms with E-state index >= 15 is 0 Å². The number of Topliss-reactive ketones (excluding diaryl/α,β-unsaturated/α-hetero) is 1. The molecule has 2 aromatic carbocycles. The van der Waals surface area contributed by atoms with Crippen LogP contribution in [0.25, 0.3) is 0 Å². The number of benzene rings is 2. The molecule has 0 N–H and O–H groups in total. The van der Waals surface area contributed by atoms with E-state index in [1.54, 1.807) is 52.0 Å². The third-order valence-corrected chi connectivity index (χ3v) is 4.90. The molecule has 0 aromatic heterocycles. The topological polar surface area (TPSA) is 54.0 Å². The zero-order chi connectivity index (χ0) is 23.6. The Morgan fingerprint density at radius 3 is 1.16 bits per heavy atom. The summed E-state index contributed by atoms with van der Waals surface area (Å²) in [4.78, 5) is 14.1. The lowest BCUT2D eigenvalue weighted by Gasteiger charge is -2.40. The highest BCUT2D eigenvalue weighted by atomic mass is 19.1. The zero-order valence-electron chi connectivity index (χ0n) is 19.2. The Labute approximate surface area is 188 Å². The first kappa shape index (κ1) is 26.1. The standard InChI is InChI=1S/C25H32F2O5/c1-5-29-24(30-6-2,17-19-9-13-21(26)14-10-19)23(28)25(31-7-3,32-8-4)18-20-11-15-22(27)16-12-20/h9-16H,5-8,17-18H2,1-4H3. The van der Waals surface area contributed by atoms with Crippen LogP contribution in [-0.2, 0) is 36.6 Å². The van der Waals surface area contributed by atoms with Gasteiger partial charge in [0.2, 0.25) is 11.6 Å². The number of hydrogen-bond acceptors (Lipinski definition) is 5. The van der Waals surface area contributed by atoms with Crippen molar-refractivity contribution in [3.8, 4) is 0 Å². The van der Waals surface area contributed by atoms with Crippen LogP contribution in [0.5, 0.6) is 0 Å². The largest absolute Gasteiger partial charge is 0.343 e. The van der Waals surface area contributed by atoms with Crippen molar-refractivity contribution in [2.45, 2.75) is 52.1 Å². The van der Waals surface area contributed by atoms with Gasteiger partial charge < -0.3 is 18.9 Å². The lowest BCUT2D eigenvalue weighted by atomic mass is 9.91. The molecule has 0 aliphatic carbocycles. The molecule has 32 heavy (non-hydrogen) atoms. The van der Waals surface area contributed by atoms with Crippen LogP contribution in [-0.4, -0.2) is 43.8 Å². The van der Waals surface area contributed by atoms with Crippen LogP contribution in [0.15, 0.2) is 48.5 Å². The molecule has 0 saturated heterocycles. The quantitative estimate of drug-likeness (QED) is 0.385. The monoisotopic (exact) mass is 450 g/mol. The van der Waals surface area contributed by atoms with Gasteiger partial charge in [0.05, 0.1) is 0 Å². The summed E-state index contributed by atoms with van der Waals surface area (Å²) in [7, 11) is 0. The van der Waals surface area contributed by atoms with Crippen molar-refractivity contribution in [1.29, 1.82) is 0 Å². The average Bonchev–Trinajstić information content (AvgIpc) is 2.77. The van der Waals surface area contributed by atoms with Gasteiger partial charge in [0.15, 0.2) is 0 Å². The van der Waals surface area contributed by atoms with E-state index in [4.69, 9.17) is 18.9 Å². The molecule has 0 atom stereocenters. The number of hydrogen-bond donors (Lipinski definition) is 0. The third-order valence-electron chi connectivity index (χ3n) is 4.90. The van der Waals surface area contributed by atoms with Gasteiger partial charge in [-0.3, -0.25) is 4.79 Å². The van der Waals surface area contributed by atoms with Crippen LogP contribution in [0, 0.1) is 11.6 Å². The first-order valence-electron chi connectivity index (χ1n) is 10.9. The maximum atomic E-state index is 14.1. The average molecular weight is 451 g/mol. The Morgan fingerprint density at radius 1 is 0.625 bits per heavy atom. The highest BCUT2D eigenvalue weighted by Gasteiger charge is 2.54. The third kappa shape index (κ3) is 6.42. The first-order valence-corrected chi connectivity index (χ1v) is 10.9. The fraction of sp³-hybridized carbons (Fsp3) is 0.480. The number of ether oxygens (including phenoxy) is 4. The van der Waals surface area contributed by atoms with E-state index in [-0.39, 0.29) is 50.9 Å². The molecule has 5 nitrogen and oxygen atoms in total. The highest BCUT2D eigenvalue weighted by molar-refractivity contribution is 5.93. The zero-order valence-corrected chi connectivity index (χ0v) is 19.2. The van der Waals surface area contributed by atoms with E-state index in [0.29, 0.717) is 11.1 Å². The number of carbonyl (C=O) groups excluding carboxylic acids is 1. The predicted molar refractivity (Wildman–Crippen MR) is 117 cm³/mol. The normalized spacial score (nSPS) is 12.2. The molecule has 0 aliphatic rings. The van der Waals surface area contributed by atoms with Crippen LogP contribution < -0.4 is 0 Å². The van der Waals surface area contributed by atoms with E-state index in [1.807, 2.05) is 0 Å². The summed E-state index contributed by atoms with van der Waals surface area (Å²) < 4.78 is 50.6. The molecule has 0 saturated carbocycles. The van der Waals surface area contributed by atoms with Crippen molar-refractivity contribution in [3.05, 3.63) is 71.3 Å². The molecule has 0 radical (unpaired) electrons. The van der Waals surface area contributed by atoms with Gasteiger partial charge in [-0.15, -0.1) is 0 Å². The van der Waals surface area contributed by atoms with E-state index in [0.717, 1.165) is 0 Å². The minimum atomic E-state index is -1.72. The lowest BCUT2D eigenvalue weighted by molar-refractivity contribution is -0.275. The molecule has 0 aliphatic heterocycles. The summed E-state index contributed by atoms with van der Waals surface area (Å²) >= 11 is 0. The van der Waals surface area contributed by atoms with Crippen molar-refractivity contribution >= 4 is 5.78 Å². The SMILES string of the molecule is CCOC(Cc1ccc(F)cc1)(OCC)C(=O)C(Cc1ccc(F)cc1)(OCC)OCC. The van der Waals surface area contributed by atoms with Crippen molar-refractivity contribution in [1.82, 2.24) is 0 Å². The predicted octanol–water partition coefficient (Wildman–Crippen LogP) is 4.86. The molecule has 0 amide bonds. The molecule has 0 bridgehead atoms. The number of halogens is 2. The molecular weight excluding hydrogens is 418 g/mol. The summed E-state index contributed by atoms with van der Waals surface area (Å²) in [6.07, 6.45) is 0.0816. The summed E-state index contributed by atoms with van der Waals surface area (Å²) in [5.41, 5.74) is 1.32. The molecule has 0 heterocycles. The Kier molecular flexibility index (Phi) is 9.90. The smallest absolute Gasteiger partial charge is 0.251 e. The lowest BCUT2D eigenvalue weighted by Crippen LogP contribution is -2.60. The molecule has 7 heteroatoms. The van der Waals surface area contributed by atoms with Crippen molar-refractivity contribution in [2.24, 2.45) is 0 Å². The van der Waals surface area contributed by atoms with Crippen molar-refractivity contribution in [3.63, 3.8) is 0 Å². The molecule has 2 rings (SSSR count). The summed E-state index contributed by atoms with van der Waals surface area (Å²) in [5.74, 6) is -4.73. The summed E-state index contributed by atoms with van der Waals surface area (Å²) in [5, 5.41) is 0. The fourth-order valence-electron chi connectivity index (χ4n) is 3.67. The van der Waals surface area contributed by atoms with Crippen molar-refractivity contribution in [2.75, 3.05) is 26.4 Å². The van der Waals surface area contributed by atoms with Crippen LogP contribution >= 0.6 is 0 Å². The first-order chi connectivity index (χ1) is 15.3. The van der Waals surface area contributed by atoms with E-state index in [1.165, 1.54) is 24.3 Å². The maximum absolute atomic E-state index is 14.1. The van der Waals surface area contributed by atoms with Crippen LogP contribution in [0.3, 0.4) is 0 Å². The van der Waals surface area contributed by atoms with Gasteiger partial charge in [0, 0.05) is 39.3 Å². The second kappa shape index (κ2) is 12.2. The molecular formula is C25H32F2O5. The Morgan fingerprint density at radius 2 is 0.906 bits per heavy atom. The van der Waals surface area contributed by atoms with Gasteiger partial charge in [-0.25, -0.2) is 8.78 Å². The second-order valence-electron chi connectivity index (χ2n) is 7.17. The fourth-order valence-corrected chi connectivity index (χ4v) is 3.67. The summed E-state index contributed by atoms with van der Waals surface area (Å²) in [6, 6.07) is 11.6. The molecule has 176 valence electrons. The van der Waals surface area contributed by atoms with Gasteiger partial charge in [-0.05, 0) is 63.1 Å².